The number of nitrogens with one attached hydrogen (secondary N) is 1. The molecule has 2 aromatic carbocycles. The summed E-state index contributed by atoms with van der Waals surface area (Å²) in [6.07, 6.45) is 0. The lowest BCUT2D eigenvalue weighted by molar-refractivity contribution is 0.803. The number of rotatable bonds is 4. The maximum absolute atomic E-state index is 6.30. The van der Waals surface area contributed by atoms with E-state index in [0.717, 1.165) is 20.9 Å². The van der Waals surface area contributed by atoms with Gasteiger partial charge < -0.3 is 5.32 Å². The first kappa shape index (κ1) is 13.9. The number of hydrogen-bond acceptors (Lipinski definition) is 2. The molecule has 4 heteroatoms. The van der Waals surface area contributed by atoms with E-state index in [1.807, 2.05) is 37.4 Å². The average Bonchev–Trinajstić information content (AvgIpc) is 2.36. The van der Waals surface area contributed by atoms with Gasteiger partial charge in [-0.2, -0.15) is 0 Å². The van der Waals surface area contributed by atoms with Crippen LogP contribution in [0.15, 0.2) is 56.7 Å². The van der Waals surface area contributed by atoms with Crippen molar-refractivity contribution in [2.24, 2.45) is 0 Å². The molecule has 0 unspecified atom stereocenters. The van der Waals surface area contributed by atoms with Gasteiger partial charge in [0.25, 0.3) is 0 Å². The molecule has 18 heavy (non-hydrogen) atoms. The largest absolute Gasteiger partial charge is 0.316 e. The van der Waals surface area contributed by atoms with Crippen molar-refractivity contribution in [2.75, 3.05) is 7.05 Å². The Balaban J connectivity index is 2.36. The van der Waals surface area contributed by atoms with E-state index in [4.69, 9.17) is 11.6 Å². The molecular weight excluding hydrogens is 330 g/mol. The van der Waals surface area contributed by atoms with Crippen molar-refractivity contribution in [3.05, 3.63) is 57.5 Å². The highest BCUT2D eigenvalue weighted by atomic mass is 79.9. The molecular formula is C14H13BrClNS. The minimum absolute atomic E-state index is 0.795. The molecule has 94 valence electrons. The third kappa shape index (κ3) is 3.29. The lowest BCUT2D eigenvalue weighted by Crippen LogP contribution is -2.06. The summed E-state index contributed by atoms with van der Waals surface area (Å²) in [5.74, 6) is 0. The predicted molar refractivity (Wildman–Crippen MR) is 82.5 cm³/mol. The zero-order chi connectivity index (χ0) is 13.0. The second-order valence-electron chi connectivity index (χ2n) is 3.79. The summed E-state index contributed by atoms with van der Waals surface area (Å²) in [6, 6.07) is 14.2. The summed E-state index contributed by atoms with van der Waals surface area (Å²) in [5, 5.41) is 3.96. The highest BCUT2D eigenvalue weighted by molar-refractivity contribution is 9.10. The second-order valence-corrected chi connectivity index (χ2v) is 6.10. The first-order chi connectivity index (χ1) is 8.72. The van der Waals surface area contributed by atoms with Crippen LogP contribution in [0.4, 0.5) is 0 Å². The third-order valence-electron chi connectivity index (χ3n) is 2.46. The van der Waals surface area contributed by atoms with Crippen molar-refractivity contribution >= 4 is 39.3 Å². The van der Waals surface area contributed by atoms with Gasteiger partial charge in [0.15, 0.2) is 0 Å². The molecule has 0 saturated carbocycles. The van der Waals surface area contributed by atoms with Crippen LogP contribution < -0.4 is 5.32 Å². The van der Waals surface area contributed by atoms with Gasteiger partial charge >= 0.3 is 0 Å². The average molecular weight is 343 g/mol. The lowest BCUT2D eigenvalue weighted by atomic mass is 10.2. The SMILES string of the molecule is CNCc1cccc(Cl)c1Sc1ccccc1Br. The molecule has 0 radical (unpaired) electrons. The van der Waals surface area contributed by atoms with Gasteiger partial charge in [0.05, 0.1) is 5.02 Å². The highest BCUT2D eigenvalue weighted by Gasteiger charge is 2.09. The van der Waals surface area contributed by atoms with Crippen LogP contribution in [0.25, 0.3) is 0 Å². The van der Waals surface area contributed by atoms with Crippen LogP contribution in [0.1, 0.15) is 5.56 Å². The minimum atomic E-state index is 0.795. The Labute approximate surface area is 125 Å². The van der Waals surface area contributed by atoms with E-state index in [0.29, 0.717) is 0 Å². The first-order valence-corrected chi connectivity index (χ1v) is 7.55. The number of benzene rings is 2. The molecule has 0 heterocycles. The smallest absolute Gasteiger partial charge is 0.0548 e. The fourth-order valence-electron chi connectivity index (χ4n) is 1.63. The van der Waals surface area contributed by atoms with Crippen LogP contribution >= 0.6 is 39.3 Å². The van der Waals surface area contributed by atoms with Crippen LogP contribution in [0.3, 0.4) is 0 Å². The Kier molecular flexibility index (Phi) is 5.13. The van der Waals surface area contributed by atoms with Crippen molar-refractivity contribution in [3.63, 3.8) is 0 Å². The molecule has 0 amide bonds. The molecule has 0 aromatic heterocycles. The third-order valence-corrected chi connectivity index (χ3v) is 5.11. The zero-order valence-corrected chi connectivity index (χ0v) is 13.1. The van der Waals surface area contributed by atoms with Gasteiger partial charge in [-0.25, -0.2) is 0 Å². The molecule has 0 aliphatic carbocycles. The molecule has 2 rings (SSSR count). The van der Waals surface area contributed by atoms with Gasteiger partial charge in [0, 0.05) is 20.8 Å². The van der Waals surface area contributed by atoms with E-state index < -0.39 is 0 Å². The quantitative estimate of drug-likeness (QED) is 0.841. The Morgan fingerprint density at radius 3 is 2.67 bits per heavy atom. The molecule has 0 saturated heterocycles. The summed E-state index contributed by atoms with van der Waals surface area (Å²) >= 11 is 11.6. The molecule has 0 aliphatic heterocycles. The molecule has 0 fully saturated rings. The Morgan fingerprint density at radius 2 is 1.94 bits per heavy atom. The van der Waals surface area contributed by atoms with E-state index in [9.17, 15) is 0 Å². The molecule has 0 bridgehead atoms. The van der Waals surface area contributed by atoms with Gasteiger partial charge in [-0.05, 0) is 46.7 Å². The predicted octanol–water partition coefficient (Wildman–Crippen LogP) is 4.97. The maximum Gasteiger partial charge on any atom is 0.0548 e. The van der Waals surface area contributed by atoms with Gasteiger partial charge in [0.2, 0.25) is 0 Å². The summed E-state index contributed by atoms with van der Waals surface area (Å²) in [7, 11) is 1.94. The van der Waals surface area contributed by atoms with Gasteiger partial charge in [-0.15, -0.1) is 0 Å². The molecule has 0 atom stereocenters. The summed E-state index contributed by atoms with van der Waals surface area (Å²) < 4.78 is 1.09. The van der Waals surface area contributed by atoms with Crippen molar-refractivity contribution in [1.29, 1.82) is 0 Å². The van der Waals surface area contributed by atoms with Gasteiger partial charge in [-0.1, -0.05) is 47.6 Å². The van der Waals surface area contributed by atoms with E-state index in [1.165, 1.54) is 10.5 Å². The molecule has 0 aliphatic rings. The molecule has 1 N–H and O–H groups in total. The van der Waals surface area contributed by atoms with Crippen molar-refractivity contribution < 1.29 is 0 Å². The normalized spacial score (nSPS) is 10.6. The Hall–Kier alpha value is -0.480. The van der Waals surface area contributed by atoms with E-state index in [2.05, 4.69) is 33.4 Å². The number of hydrogen-bond donors (Lipinski definition) is 1. The molecule has 2 aromatic rings. The number of halogens is 2. The lowest BCUT2D eigenvalue weighted by Gasteiger charge is -2.11. The zero-order valence-electron chi connectivity index (χ0n) is 9.91. The monoisotopic (exact) mass is 341 g/mol. The minimum Gasteiger partial charge on any atom is -0.316 e. The first-order valence-electron chi connectivity index (χ1n) is 5.56. The van der Waals surface area contributed by atoms with Crippen LogP contribution in [0, 0.1) is 0 Å². The Morgan fingerprint density at radius 1 is 1.17 bits per heavy atom. The topological polar surface area (TPSA) is 12.0 Å². The van der Waals surface area contributed by atoms with Crippen molar-refractivity contribution in [2.45, 2.75) is 16.3 Å². The van der Waals surface area contributed by atoms with Crippen LogP contribution in [-0.2, 0) is 6.54 Å². The second kappa shape index (κ2) is 6.62. The van der Waals surface area contributed by atoms with Crippen molar-refractivity contribution in [3.8, 4) is 0 Å². The fourth-order valence-corrected chi connectivity index (χ4v) is 3.44. The molecule has 0 spiro atoms. The fraction of sp³-hybridized carbons (Fsp3) is 0.143. The maximum atomic E-state index is 6.30. The van der Waals surface area contributed by atoms with E-state index in [-0.39, 0.29) is 0 Å². The van der Waals surface area contributed by atoms with E-state index >= 15 is 0 Å². The summed E-state index contributed by atoms with van der Waals surface area (Å²) in [4.78, 5) is 2.28. The Bertz CT molecular complexity index is 545. The van der Waals surface area contributed by atoms with Gasteiger partial charge in [0.1, 0.15) is 0 Å². The summed E-state index contributed by atoms with van der Waals surface area (Å²) in [5.41, 5.74) is 1.21. The van der Waals surface area contributed by atoms with Crippen molar-refractivity contribution in [1.82, 2.24) is 5.32 Å². The summed E-state index contributed by atoms with van der Waals surface area (Å²) in [6.45, 7) is 0.813. The van der Waals surface area contributed by atoms with E-state index in [1.54, 1.807) is 11.8 Å². The molecule has 1 nitrogen and oxygen atoms in total. The van der Waals surface area contributed by atoms with Crippen LogP contribution in [0.5, 0.6) is 0 Å². The highest BCUT2D eigenvalue weighted by Crippen LogP contribution is 2.39. The van der Waals surface area contributed by atoms with Gasteiger partial charge in [-0.3, -0.25) is 0 Å². The van der Waals surface area contributed by atoms with Crippen LogP contribution in [0.2, 0.25) is 5.02 Å². The van der Waals surface area contributed by atoms with Crippen LogP contribution in [-0.4, -0.2) is 7.05 Å². The standard InChI is InChI=1S/C14H13BrClNS/c1-17-9-10-5-4-7-12(16)14(10)18-13-8-3-2-6-11(13)15/h2-8,17H,9H2,1H3.